The van der Waals surface area contributed by atoms with Crippen molar-refractivity contribution in [2.45, 2.75) is 26.5 Å². The second kappa shape index (κ2) is 9.75. The third kappa shape index (κ3) is 5.48. The van der Waals surface area contributed by atoms with Gasteiger partial charge in [0, 0.05) is 17.7 Å². The van der Waals surface area contributed by atoms with Crippen LogP contribution in [-0.2, 0) is 16.1 Å². The van der Waals surface area contributed by atoms with Crippen LogP contribution in [0, 0.1) is 16.0 Å². The number of hydrogen-bond acceptors (Lipinski definition) is 7. The average Bonchev–Trinajstić information content (AvgIpc) is 3.22. The van der Waals surface area contributed by atoms with Crippen LogP contribution in [0.5, 0.6) is 0 Å². The molecule has 0 aliphatic carbocycles. The Labute approximate surface area is 173 Å². The number of benzene rings is 2. The van der Waals surface area contributed by atoms with Gasteiger partial charge in [0.1, 0.15) is 12.6 Å². The van der Waals surface area contributed by atoms with E-state index in [1.165, 1.54) is 12.1 Å². The normalized spacial score (nSPS) is 12.0. The van der Waals surface area contributed by atoms with Crippen LogP contribution >= 0.6 is 0 Å². The molecule has 1 heterocycles. The molecule has 1 aromatic heterocycles. The van der Waals surface area contributed by atoms with Crippen molar-refractivity contribution >= 4 is 11.6 Å². The molecule has 3 rings (SSSR count). The fraction of sp³-hybridized carbons (Fsp3) is 0.286. The summed E-state index contributed by atoms with van der Waals surface area (Å²) < 4.78 is 10.8. The lowest BCUT2D eigenvalue weighted by Crippen LogP contribution is -2.34. The van der Waals surface area contributed by atoms with Gasteiger partial charge in [-0.15, -0.1) is 0 Å². The Kier molecular flexibility index (Phi) is 6.87. The topological polar surface area (TPSA) is 120 Å². The molecule has 0 saturated carbocycles. The van der Waals surface area contributed by atoms with Gasteiger partial charge in [0.2, 0.25) is 17.6 Å². The molecule has 0 aliphatic rings. The number of amides is 1. The Morgan fingerprint density at radius 1 is 1.20 bits per heavy atom. The first-order valence-electron chi connectivity index (χ1n) is 9.43. The molecule has 9 nitrogen and oxygen atoms in total. The van der Waals surface area contributed by atoms with Crippen LogP contribution in [0.1, 0.15) is 31.3 Å². The molecule has 0 spiro atoms. The number of nitrogens with one attached hydrogen (secondary N) is 1. The molecule has 9 heteroatoms. The van der Waals surface area contributed by atoms with Crippen LogP contribution in [0.2, 0.25) is 0 Å². The highest BCUT2D eigenvalue weighted by Gasteiger charge is 2.25. The summed E-state index contributed by atoms with van der Waals surface area (Å²) >= 11 is 0. The SMILES string of the molecule is CC(C)C(NC(=O)COCc1ccccc1)c1nc(-c2cccc([N+](=O)[O-])c2)no1. The van der Waals surface area contributed by atoms with Crippen LogP contribution in [0.4, 0.5) is 5.69 Å². The van der Waals surface area contributed by atoms with E-state index in [1.54, 1.807) is 12.1 Å². The molecule has 0 aliphatic heterocycles. The van der Waals surface area contributed by atoms with E-state index in [-0.39, 0.29) is 35.8 Å². The molecule has 1 amide bonds. The van der Waals surface area contributed by atoms with Gasteiger partial charge in [-0.25, -0.2) is 0 Å². The van der Waals surface area contributed by atoms with Crippen molar-refractivity contribution in [3.05, 3.63) is 76.2 Å². The van der Waals surface area contributed by atoms with E-state index in [9.17, 15) is 14.9 Å². The van der Waals surface area contributed by atoms with Crippen molar-refractivity contribution in [3.8, 4) is 11.4 Å². The lowest BCUT2D eigenvalue weighted by Gasteiger charge is -2.18. The third-order valence-electron chi connectivity index (χ3n) is 4.35. The molecule has 0 bridgehead atoms. The Bertz CT molecular complexity index is 1000. The molecule has 0 saturated heterocycles. The summed E-state index contributed by atoms with van der Waals surface area (Å²) in [5, 5.41) is 17.7. The lowest BCUT2D eigenvalue weighted by atomic mass is 10.0. The molecule has 156 valence electrons. The van der Waals surface area contributed by atoms with Crippen molar-refractivity contribution in [2.24, 2.45) is 5.92 Å². The zero-order chi connectivity index (χ0) is 21.5. The number of carbonyl (C=O) groups is 1. The summed E-state index contributed by atoms with van der Waals surface area (Å²) in [6.07, 6.45) is 0. The molecular weight excluding hydrogens is 388 g/mol. The van der Waals surface area contributed by atoms with Gasteiger partial charge in [-0.3, -0.25) is 14.9 Å². The number of nitrogens with zero attached hydrogens (tertiary/aromatic N) is 3. The average molecular weight is 410 g/mol. The van der Waals surface area contributed by atoms with Gasteiger partial charge in [-0.2, -0.15) is 4.98 Å². The van der Waals surface area contributed by atoms with E-state index >= 15 is 0 Å². The fourth-order valence-electron chi connectivity index (χ4n) is 2.80. The number of aromatic nitrogens is 2. The summed E-state index contributed by atoms with van der Waals surface area (Å²) in [5.41, 5.74) is 1.37. The maximum atomic E-state index is 12.3. The number of nitro benzene ring substituents is 1. The second-order valence-electron chi connectivity index (χ2n) is 7.03. The Balaban J connectivity index is 1.64. The highest BCUT2D eigenvalue weighted by atomic mass is 16.6. The first-order chi connectivity index (χ1) is 14.4. The summed E-state index contributed by atoms with van der Waals surface area (Å²) in [7, 11) is 0. The van der Waals surface area contributed by atoms with Crippen molar-refractivity contribution in [1.29, 1.82) is 0 Å². The molecule has 0 radical (unpaired) electrons. The molecule has 1 N–H and O–H groups in total. The molecule has 1 unspecified atom stereocenters. The largest absolute Gasteiger partial charge is 0.367 e. The minimum Gasteiger partial charge on any atom is -0.367 e. The molecule has 3 aromatic rings. The molecular formula is C21H22N4O5. The number of carbonyl (C=O) groups excluding carboxylic acids is 1. The first-order valence-corrected chi connectivity index (χ1v) is 9.43. The predicted molar refractivity (Wildman–Crippen MR) is 108 cm³/mol. The van der Waals surface area contributed by atoms with E-state index in [0.717, 1.165) is 5.56 Å². The minimum atomic E-state index is -0.516. The molecule has 1 atom stereocenters. The Hall–Kier alpha value is -3.59. The van der Waals surface area contributed by atoms with E-state index in [0.29, 0.717) is 12.2 Å². The number of non-ortho nitro benzene ring substituents is 1. The quantitative estimate of drug-likeness (QED) is 0.422. The molecule has 2 aromatic carbocycles. The number of rotatable bonds is 9. The Morgan fingerprint density at radius 2 is 1.97 bits per heavy atom. The standard InChI is InChI=1S/C21H22N4O5/c1-14(2)19(22-18(26)13-29-12-15-7-4-3-5-8-15)21-23-20(24-30-21)16-9-6-10-17(11-16)25(27)28/h3-11,14,19H,12-13H2,1-2H3,(H,22,26). The van der Waals surface area contributed by atoms with Gasteiger partial charge in [-0.1, -0.05) is 61.5 Å². The zero-order valence-corrected chi connectivity index (χ0v) is 16.6. The summed E-state index contributed by atoms with van der Waals surface area (Å²) in [6, 6.07) is 15.0. The predicted octanol–water partition coefficient (Wildman–Crippen LogP) is 3.67. The van der Waals surface area contributed by atoms with Crippen molar-refractivity contribution < 1.29 is 19.0 Å². The van der Waals surface area contributed by atoms with E-state index in [2.05, 4.69) is 15.5 Å². The maximum Gasteiger partial charge on any atom is 0.270 e. The van der Waals surface area contributed by atoms with E-state index in [4.69, 9.17) is 9.26 Å². The first kappa shape index (κ1) is 21.1. The van der Waals surface area contributed by atoms with Crippen LogP contribution in [-0.4, -0.2) is 27.6 Å². The van der Waals surface area contributed by atoms with Gasteiger partial charge in [0.15, 0.2) is 0 Å². The van der Waals surface area contributed by atoms with E-state index < -0.39 is 11.0 Å². The molecule has 0 fully saturated rings. The lowest BCUT2D eigenvalue weighted by molar-refractivity contribution is -0.384. The maximum absolute atomic E-state index is 12.3. The van der Waals surface area contributed by atoms with Gasteiger partial charge in [0.05, 0.1) is 11.5 Å². The number of nitro groups is 1. The van der Waals surface area contributed by atoms with Crippen molar-refractivity contribution in [1.82, 2.24) is 15.5 Å². The van der Waals surface area contributed by atoms with Gasteiger partial charge in [-0.05, 0) is 11.5 Å². The van der Waals surface area contributed by atoms with Gasteiger partial charge >= 0.3 is 0 Å². The zero-order valence-electron chi connectivity index (χ0n) is 16.6. The second-order valence-corrected chi connectivity index (χ2v) is 7.03. The third-order valence-corrected chi connectivity index (χ3v) is 4.35. The summed E-state index contributed by atoms with van der Waals surface area (Å²) in [5.74, 6) is 0.109. The summed E-state index contributed by atoms with van der Waals surface area (Å²) in [4.78, 5) is 27.1. The van der Waals surface area contributed by atoms with Crippen LogP contribution in [0.3, 0.4) is 0 Å². The monoisotopic (exact) mass is 410 g/mol. The van der Waals surface area contributed by atoms with Gasteiger partial charge < -0.3 is 14.6 Å². The van der Waals surface area contributed by atoms with Crippen LogP contribution < -0.4 is 5.32 Å². The Morgan fingerprint density at radius 3 is 2.67 bits per heavy atom. The number of ether oxygens (including phenoxy) is 1. The number of hydrogen-bond donors (Lipinski definition) is 1. The fourth-order valence-corrected chi connectivity index (χ4v) is 2.80. The van der Waals surface area contributed by atoms with Crippen molar-refractivity contribution in [2.75, 3.05) is 6.61 Å². The van der Waals surface area contributed by atoms with Crippen molar-refractivity contribution in [3.63, 3.8) is 0 Å². The smallest absolute Gasteiger partial charge is 0.270 e. The minimum absolute atomic E-state index is 0.0264. The van der Waals surface area contributed by atoms with E-state index in [1.807, 2.05) is 44.2 Å². The van der Waals surface area contributed by atoms with Crippen LogP contribution in [0.15, 0.2) is 59.1 Å². The van der Waals surface area contributed by atoms with Crippen LogP contribution in [0.25, 0.3) is 11.4 Å². The summed E-state index contributed by atoms with van der Waals surface area (Å²) in [6.45, 7) is 4.04. The molecule has 30 heavy (non-hydrogen) atoms. The highest BCUT2D eigenvalue weighted by Crippen LogP contribution is 2.25. The highest BCUT2D eigenvalue weighted by molar-refractivity contribution is 5.77. The van der Waals surface area contributed by atoms with Gasteiger partial charge in [0.25, 0.3) is 5.69 Å².